The Morgan fingerprint density at radius 2 is 1.27 bits per heavy atom. The number of rotatable bonds is 36. The molecule has 6 aliphatic rings. The van der Waals surface area contributed by atoms with Crippen molar-refractivity contribution in [3.8, 4) is 0 Å². The highest BCUT2D eigenvalue weighted by Crippen LogP contribution is 2.53. The van der Waals surface area contributed by atoms with Crippen LogP contribution in [-0.2, 0) is 110 Å². The first-order valence-corrected chi connectivity index (χ1v) is 34.9. The number of hydrogen-bond donors (Lipinski definition) is 20. The standard InChI is InChI=1S/C61H89N6O40P/c1-23(73)64-35-39(80)47(93-3)31(18-69)99-53(35)103-50-42(83)45(86)56(105-58(50)96-22-72)101-48-32(19-70)100-54(36(40(48)81)65-24(2)74)102-49-41(82)44(85)55(104-57(49)95-21-71)94-14-12-63-51(87)26-9-7-25(8-10-26)5-4-6-27(75)15-28-29(76)16-61(59(88)89,106-46(28)37(78)30(77)17-68)107-108(91,92)97-20-33-38(79)43(84)52(98-33)67-13-11-34(62)66-60(67)90/h7-11,13,21-22,28-33,35-50,52-58,68-70,76-86H,4-6,12,14-20H2,1-3H3,(H,63,87)(H,64,73)(H,65,74)(H,88,89)(H,91,92)(H2,62,66,90)/t28-,29?,30-,31?,32?,33-,35+,36+,37-,38?,39?,40?,41?,42?,43+,44+,45+,46?,47-,48-,49+,50+,52-,53-,54-,55-,56-,57?,58?,61-/m1/s1. The fraction of sp³-hybridized carbons (Fsp3) is 0.721. The number of methoxy groups -OCH3 is 1. The summed E-state index contributed by atoms with van der Waals surface area (Å²) in [6.07, 6.45) is -50.1. The Kier molecular flexibility index (Phi) is 31.1. The lowest BCUT2D eigenvalue weighted by atomic mass is 9.80. The molecule has 7 heterocycles. The number of aromatic nitrogens is 2. The molecule has 12 unspecified atom stereocenters. The van der Waals surface area contributed by atoms with E-state index in [0.717, 1.165) is 24.6 Å². The Bertz CT molecular complexity index is 3450. The third kappa shape index (κ3) is 20.8. The van der Waals surface area contributed by atoms with Gasteiger partial charge in [-0.05, 0) is 36.6 Å². The van der Waals surface area contributed by atoms with Gasteiger partial charge in [0.25, 0.3) is 24.6 Å². The van der Waals surface area contributed by atoms with Crippen LogP contribution >= 0.6 is 7.82 Å². The number of nitrogen functional groups attached to an aromatic ring is 1. The van der Waals surface area contributed by atoms with Gasteiger partial charge in [-0.3, -0.25) is 37.9 Å². The van der Waals surface area contributed by atoms with Gasteiger partial charge in [0.1, 0.15) is 115 Å². The molecule has 2 aromatic rings. The van der Waals surface area contributed by atoms with E-state index in [1.54, 1.807) is 12.1 Å². The summed E-state index contributed by atoms with van der Waals surface area (Å²) in [5, 5.41) is 170. The zero-order valence-electron chi connectivity index (χ0n) is 57.5. The van der Waals surface area contributed by atoms with Crippen molar-refractivity contribution in [3.63, 3.8) is 0 Å². The highest BCUT2D eigenvalue weighted by molar-refractivity contribution is 7.47. The van der Waals surface area contributed by atoms with Crippen molar-refractivity contribution in [2.24, 2.45) is 5.92 Å². The van der Waals surface area contributed by atoms with Crippen molar-refractivity contribution < 1.29 is 190 Å². The van der Waals surface area contributed by atoms with Crippen LogP contribution in [-0.4, -0.2) is 352 Å². The molecule has 46 nitrogen and oxygen atoms in total. The molecule has 1 aromatic heterocycles. The van der Waals surface area contributed by atoms with Gasteiger partial charge in [0.15, 0.2) is 43.6 Å². The summed E-state index contributed by atoms with van der Waals surface area (Å²) in [7, 11) is -4.52. The molecule has 608 valence electrons. The number of phosphoric ester groups is 1. The molecule has 3 amide bonds. The minimum Gasteiger partial charge on any atom is -0.477 e. The lowest BCUT2D eigenvalue weighted by Gasteiger charge is -2.49. The molecule has 0 spiro atoms. The van der Waals surface area contributed by atoms with Gasteiger partial charge >= 0.3 is 19.5 Å². The number of aliphatic carboxylic acids is 1. The molecular formula is C61H89N6O40P. The van der Waals surface area contributed by atoms with E-state index >= 15 is 0 Å². The van der Waals surface area contributed by atoms with Crippen molar-refractivity contribution in [2.75, 3.05) is 52.4 Å². The number of carboxylic acids is 1. The van der Waals surface area contributed by atoms with Crippen LogP contribution in [0.4, 0.5) is 5.82 Å². The van der Waals surface area contributed by atoms with Crippen LogP contribution in [0.3, 0.4) is 0 Å². The number of amides is 3. The van der Waals surface area contributed by atoms with E-state index in [-0.39, 0.29) is 50.1 Å². The Hall–Kier alpha value is -6.50. The van der Waals surface area contributed by atoms with Gasteiger partial charge in [-0.2, -0.15) is 4.98 Å². The molecule has 31 atom stereocenters. The smallest absolute Gasteiger partial charge is 0.475 e. The largest absolute Gasteiger partial charge is 0.477 e. The number of aryl methyl sites for hydroxylation is 1. The highest BCUT2D eigenvalue weighted by Gasteiger charge is 2.61. The summed E-state index contributed by atoms with van der Waals surface area (Å²) >= 11 is 0. The van der Waals surface area contributed by atoms with Gasteiger partial charge in [-0.15, -0.1) is 0 Å². The molecule has 6 aliphatic heterocycles. The first kappa shape index (κ1) is 87.1. The van der Waals surface area contributed by atoms with Crippen LogP contribution in [0.1, 0.15) is 61.7 Å². The Morgan fingerprint density at radius 3 is 1.81 bits per heavy atom. The highest BCUT2D eigenvalue weighted by atomic mass is 31.2. The Labute approximate surface area is 610 Å². The summed E-state index contributed by atoms with van der Waals surface area (Å²) in [6, 6.07) is 3.85. The maximum Gasteiger partial charge on any atom is 0.475 e. The molecule has 0 bridgehead atoms. The predicted molar refractivity (Wildman–Crippen MR) is 341 cm³/mol. The molecule has 0 radical (unpaired) electrons. The number of ether oxygens (including phenoxy) is 13. The first-order chi connectivity index (χ1) is 51.1. The second-order valence-corrected chi connectivity index (χ2v) is 27.1. The second kappa shape index (κ2) is 38.6. The van der Waals surface area contributed by atoms with E-state index in [4.69, 9.17) is 76.4 Å². The topological polar surface area (TPSA) is 696 Å². The fourth-order valence-corrected chi connectivity index (χ4v) is 13.9. The minimum atomic E-state index is -5.71. The molecular weight excluding hydrogens is 1490 g/mol. The van der Waals surface area contributed by atoms with E-state index in [0.29, 0.717) is 5.56 Å². The monoisotopic (exact) mass is 1580 g/mol. The van der Waals surface area contributed by atoms with Gasteiger partial charge < -0.3 is 165 Å². The van der Waals surface area contributed by atoms with Crippen LogP contribution in [0.2, 0.25) is 0 Å². The van der Waals surface area contributed by atoms with E-state index in [1.807, 2.05) is 0 Å². The molecule has 8 rings (SSSR count). The second-order valence-electron chi connectivity index (χ2n) is 25.7. The third-order valence-corrected chi connectivity index (χ3v) is 19.3. The molecule has 21 N–H and O–H groups in total. The lowest BCUT2D eigenvalue weighted by molar-refractivity contribution is -0.398. The fourth-order valence-electron chi connectivity index (χ4n) is 12.9. The number of Topliss-reactive ketones (excluding diaryl/α,β-unsaturated/α-hetero) is 1. The predicted octanol–water partition coefficient (Wildman–Crippen LogP) is -10.9. The zero-order chi connectivity index (χ0) is 79.4. The summed E-state index contributed by atoms with van der Waals surface area (Å²) in [6.45, 7) is -3.01. The number of ketones is 1. The number of carbonyl (C=O) groups is 7. The van der Waals surface area contributed by atoms with Crippen molar-refractivity contribution in [3.05, 3.63) is 58.1 Å². The Morgan fingerprint density at radius 1 is 0.713 bits per heavy atom. The van der Waals surface area contributed by atoms with Crippen LogP contribution in [0.15, 0.2) is 41.3 Å². The summed E-state index contributed by atoms with van der Waals surface area (Å²) in [4.78, 5) is 114. The number of aliphatic hydroxyl groups excluding tert-OH is 14. The van der Waals surface area contributed by atoms with Gasteiger partial charge in [0, 0.05) is 64.4 Å². The third-order valence-electron chi connectivity index (χ3n) is 18.3. The van der Waals surface area contributed by atoms with Crippen molar-refractivity contribution in [1.82, 2.24) is 25.5 Å². The number of carbonyl (C=O) groups excluding carboxylic acids is 6. The first-order valence-electron chi connectivity index (χ1n) is 33.4. The van der Waals surface area contributed by atoms with Crippen molar-refractivity contribution in [1.29, 1.82) is 0 Å². The molecule has 0 saturated carbocycles. The molecule has 6 fully saturated rings. The average molecular weight is 1580 g/mol. The van der Waals surface area contributed by atoms with E-state index in [1.165, 1.54) is 25.3 Å². The number of nitrogens with one attached hydrogen (secondary N) is 3. The van der Waals surface area contributed by atoms with Crippen molar-refractivity contribution in [2.45, 2.75) is 224 Å². The summed E-state index contributed by atoms with van der Waals surface area (Å²) in [5.74, 6) is -10.1. The lowest BCUT2D eigenvalue weighted by Crippen LogP contribution is -2.70. The van der Waals surface area contributed by atoms with Crippen LogP contribution < -0.4 is 27.4 Å². The summed E-state index contributed by atoms with van der Waals surface area (Å²) < 4.78 is 96.3. The van der Waals surface area contributed by atoms with Gasteiger partial charge in [0.05, 0.1) is 45.2 Å². The number of phosphoric acid groups is 1. The number of carboxylic acid groups (broad SMARTS) is 1. The number of anilines is 1. The van der Waals surface area contributed by atoms with Crippen LogP contribution in [0, 0.1) is 5.92 Å². The molecule has 47 heteroatoms. The zero-order valence-corrected chi connectivity index (χ0v) is 58.4. The molecule has 1 aromatic carbocycles. The number of aliphatic hydroxyl groups is 14. The maximum absolute atomic E-state index is 13.5. The molecule has 108 heavy (non-hydrogen) atoms. The van der Waals surface area contributed by atoms with Gasteiger partial charge in [-0.25, -0.2) is 18.7 Å². The number of benzene rings is 1. The minimum absolute atomic E-state index is 0.116. The normalized spacial score (nSPS) is 37.5. The number of nitrogens with two attached hydrogens (primary N) is 1. The maximum atomic E-state index is 13.5. The van der Waals surface area contributed by atoms with E-state index in [9.17, 15) is 124 Å². The van der Waals surface area contributed by atoms with E-state index in [2.05, 4.69) is 20.9 Å². The van der Waals surface area contributed by atoms with Crippen LogP contribution in [0.25, 0.3) is 0 Å². The number of hydrogen-bond acceptors (Lipinski definition) is 40. The average Bonchev–Trinajstić information content (AvgIpc) is 0.928. The van der Waals surface area contributed by atoms with Gasteiger partial charge in [0.2, 0.25) is 24.4 Å². The quantitative estimate of drug-likeness (QED) is 0.0171. The summed E-state index contributed by atoms with van der Waals surface area (Å²) in [5.41, 5.74) is 5.21. The molecule has 0 aliphatic carbocycles. The Balaban J connectivity index is 0.807. The van der Waals surface area contributed by atoms with E-state index < -0.39 is 273 Å². The van der Waals surface area contributed by atoms with Crippen molar-refractivity contribution >= 4 is 56.1 Å². The number of nitrogens with zero attached hydrogens (tertiary/aromatic N) is 2. The van der Waals surface area contributed by atoms with Crippen LogP contribution in [0.5, 0.6) is 0 Å². The molecule has 6 saturated heterocycles. The van der Waals surface area contributed by atoms with Gasteiger partial charge in [-0.1, -0.05) is 12.1 Å². The SMILES string of the molecule is CO[C@@H]1C(CO)O[C@H](O[C@@H]2C(OC=O)O[C@@H](O[C@@H]3C(CO)O[C@H](O[C@@H]4C(OC=O)O[C@@H](OCCNC(=O)c5ccc(CCCC(=O)C[C@@H]6C(O)C[C@@](OP(=O)(O)OC[C@H]7O[C@@H](n8ccc(N)nc8=O)[C@@H](O)C7O)(C(=O)O)OC6[C@H](O)[C@H](O)CO)cc5)[C@@H](O)C4O)[C@@H](NC(C)=O)C3O)[C@@H](O)C2O)[C@@H](NC(C)=O)C1O.